The molecule has 3 atom stereocenters. The second-order valence-corrected chi connectivity index (χ2v) is 7.79. The van der Waals surface area contributed by atoms with Gasteiger partial charge in [0.05, 0.1) is 25.1 Å². The molecule has 0 radical (unpaired) electrons. The van der Waals surface area contributed by atoms with Gasteiger partial charge in [-0.25, -0.2) is 4.39 Å². The van der Waals surface area contributed by atoms with Crippen LogP contribution < -0.4 is 0 Å². The second kappa shape index (κ2) is 5.68. The first-order chi connectivity index (χ1) is 11.8. The molecule has 1 aromatic carbocycles. The van der Waals surface area contributed by atoms with Crippen molar-refractivity contribution < 1.29 is 18.7 Å². The number of likely N-dealkylation sites (tertiary alicyclic amines) is 1. The summed E-state index contributed by atoms with van der Waals surface area (Å²) in [6.07, 6.45) is 0.833. The molecule has 4 rings (SSSR count). The van der Waals surface area contributed by atoms with E-state index in [2.05, 4.69) is 13.8 Å². The van der Waals surface area contributed by atoms with Crippen molar-refractivity contribution >= 4 is 23.4 Å². The van der Waals surface area contributed by atoms with Gasteiger partial charge in [-0.1, -0.05) is 25.4 Å². The third kappa shape index (κ3) is 2.38. The number of carbonyl (C=O) groups excluding carboxylic acids is 2. The fourth-order valence-corrected chi connectivity index (χ4v) is 4.68. The van der Waals surface area contributed by atoms with Gasteiger partial charge in [0.1, 0.15) is 5.82 Å². The number of hydrogen-bond donors (Lipinski definition) is 0. The fraction of sp³-hybridized carbons (Fsp3) is 0.556. The normalized spacial score (nSPS) is 31.0. The number of halogens is 2. The number of amides is 2. The zero-order valence-electron chi connectivity index (χ0n) is 14.2. The first-order valence-corrected chi connectivity index (χ1v) is 8.94. The molecular weight excluding hydrogens is 347 g/mol. The van der Waals surface area contributed by atoms with Gasteiger partial charge in [0.25, 0.3) is 5.91 Å². The van der Waals surface area contributed by atoms with E-state index in [0.717, 1.165) is 6.07 Å². The standard InChI is InChI=1S/C18H20ClFN2O3/c1-10(2)14-9-25-18-3-4-21(15(18)8-16(23)22(14)18)17(24)11-5-12(19)7-13(20)6-11/h5-7,10,14-15H,3-4,8-9H2,1-2H3/t14-,15+,18-/m0/s1. The zero-order chi connectivity index (χ0) is 17.9. The summed E-state index contributed by atoms with van der Waals surface area (Å²) in [6.45, 7) is 5.11. The van der Waals surface area contributed by atoms with Crippen LogP contribution in [0.2, 0.25) is 5.02 Å². The Kier molecular flexibility index (Phi) is 3.81. The molecule has 0 saturated carbocycles. The molecule has 0 unspecified atom stereocenters. The summed E-state index contributed by atoms with van der Waals surface area (Å²) < 4.78 is 19.7. The highest BCUT2D eigenvalue weighted by atomic mass is 35.5. The summed E-state index contributed by atoms with van der Waals surface area (Å²) in [5, 5.41) is 0.179. The zero-order valence-corrected chi connectivity index (χ0v) is 14.9. The van der Waals surface area contributed by atoms with Gasteiger partial charge in [-0.2, -0.15) is 0 Å². The van der Waals surface area contributed by atoms with Gasteiger partial charge >= 0.3 is 0 Å². The Morgan fingerprint density at radius 1 is 1.40 bits per heavy atom. The topological polar surface area (TPSA) is 49.9 Å². The van der Waals surface area contributed by atoms with Crippen molar-refractivity contribution in [3.05, 3.63) is 34.6 Å². The van der Waals surface area contributed by atoms with E-state index in [-0.39, 0.29) is 46.8 Å². The SMILES string of the molecule is CC(C)[C@@H]1CO[C@@]23CCN(C(=O)c4cc(F)cc(Cl)c4)[C@@H]2CC(=O)N13. The second-order valence-electron chi connectivity index (χ2n) is 7.36. The highest BCUT2D eigenvalue weighted by Crippen LogP contribution is 2.49. The van der Waals surface area contributed by atoms with E-state index in [1.807, 2.05) is 4.90 Å². The van der Waals surface area contributed by atoms with Crippen molar-refractivity contribution in [1.29, 1.82) is 0 Å². The lowest BCUT2D eigenvalue weighted by atomic mass is 10.0. The predicted octanol–water partition coefficient (Wildman–Crippen LogP) is 2.68. The first-order valence-electron chi connectivity index (χ1n) is 8.56. The third-order valence-electron chi connectivity index (χ3n) is 5.63. The summed E-state index contributed by atoms with van der Waals surface area (Å²) in [6, 6.07) is 3.51. The van der Waals surface area contributed by atoms with E-state index in [9.17, 15) is 14.0 Å². The lowest BCUT2D eigenvalue weighted by molar-refractivity contribution is -0.139. The van der Waals surface area contributed by atoms with E-state index in [1.54, 1.807) is 4.90 Å². The van der Waals surface area contributed by atoms with Crippen molar-refractivity contribution in [3.63, 3.8) is 0 Å². The molecule has 1 spiro atoms. The Morgan fingerprint density at radius 3 is 2.84 bits per heavy atom. The van der Waals surface area contributed by atoms with Crippen LogP contribution in [0.15, 0.2) is 18.2 Å². The Labute approximate surface area is 150 Å². The van der Waals surface area contributed by atoms with Crippen LogP contribution in [0, 0.1) is 11.7 Å². The maximum Gasteiger partial charge on any atom is 0.254 e. The molecule has 134 valence electrons. The van der Waals surface area contributed by atoms with E-state index in [1.165, 1.54) is 12.1 Å². The van der Waals surface area contributed by atoms with Gasteiger partial charge in [-0.05, 0) is 24.1 Å². The molecule has 1 aromatic rings. The Morgan fingerprint density at radius 2 is 2.16 bits per heavy atom. The molecule has 0 aromatic heterocycles. The quantitative estimate of drug-likeness (QED) is 0.808. The minimum Gasteiger partial charge on any atom is -0.351 e. The molecule has 3 saturated heterocycles. The minimum atomic E-state index is -0.723. The number of nitrogens with zero attached hydrogens (tertiary/aromatic N) is 2. The Bertz CT molecular complexity index is 736. The van der Waals surface area contributed by atoms with Crippen LogP contribution in [0.25, 0.3) is 0 Å². The van der Waals surface area contributed by atoms with E-state index < -0.39 is 11.5 Å². The van der Waals surface area contributed by atoms with Crippen LogP contribution >= 0.6 is 11.6 Å². The fourth-order valence-electron chi connectivity index (χ4n) is 4.46. The van der Waals surface area contributed by atoms with Crippen molar-refractivity contribution in [1.82, 2.24) is 9.80 Å². The summed E-state index contributed by atoms with van der Waals surface area (Å²) >= 11 is 5.88. The Balaban J connectivity index is 1.65. The summed E-state index contributed by atoms with van der Waals surface area (Å²) in [7, 11) is 0. The largest absolute Gasteiger partial charge is 0.351 e. The molecule has 2 amide bonds. The summed E-state index contributed by atoms with van der Waals surface area (Å²) in [4.78, 5) is 29.0. The van der Waals surface area contributed by atoms with Gasteiger partial charge in [0.2, 0.25) is 5.91 Å². The molecule has 0 bridgehead atoms. The number of ether oxygens (including phenoxy) is 1. The van der Waals surface area contributed by atoms with Gasteiger partial charge in [0.15, 0.2) is 5.72 Å². The van der Waals surface area contributed by atoms with Gasteiger partial charge in [-0.15, -0.1) is 0 Å². The number of rotatable bonds is 2. The molecule has 3 fully saturated rings. The highest BCUT2D eigenvalue weighted by Gasteiger charge is 2.65. The molecule has 3 aliphatic rings. The Hall–Kier alpha value is -1.66. The first kappa shape index (κ1) is 16.8. The minimum absolute atomic E-state index is 0.0241. The maximum atomic E-state index is 13.6. The van der Waals surface area contributed by atoms with Crippen molar-refractivity contribution in [2.24, 2.45) is 5.92 Å². The summed E-state index contributed by atoms with van der Waals surface area (Å²) in [5.41, 5.74) is -0.523. The van der Waals surface area contributed by atoms with Crippen LogP contribution in [0.4, 0.5) is 4.39 Å². The van der Waals surface area contributed by atoms with Crippen molar-refractivity contribution in [2.75, 3.05) is 13.2 Å². The smallest absolute Gasteiger partial charge is 0.254 e. The van der Waals surface area contributed by atoms with Gasteiger partial charge in [-0.3, -0.25) is 9.59 Å². The molecule has 3 heterocycles. The lowest BCUT2D eigenvalue weighted by Gasteiger charge is -2.34. The highest BCUT2D eigenvalue weighted by molar-refractivity contribution is 6.31. The van der Waals surface area contributed by atoms with Gasteiger partial charge in [0, 0.05) is 23.6 Å². The molecule has 7 heteroatoms. The molecule has 0 aliphatic carbocycles. The molecule has 25 heavy (non-hydrogen) atoms. The van der Waals surface area contributed by atoms with E-state index in [4.69, 9.17) is 16.3 Å². The molecule has 3 aliphatic heterocycles. The lowest BCUT2D eigenvalue weighted by Crippen LogP contribution is -2.51. The average Bonchev–Trinajstić information content (AvgIpc) is 3.15. The van der Waals surface area contributed by atoms with Crippen LogP contribution in [0.1, 0.15) is 37.0 Å². The van der Waals surface area contributed by atoms with Gasteiger partial charge < -0.3 is 14.5 Å². The third-order valence-corrected chi connectivity index (χ3v) is 5.85. The maximum absolute atomic E-state index is 13.6. The number of carbonyl (C=O) groups is 2. The molecule has 5 nitrogen and oxygen atoms in total. The number of hydrogen-bond acceptors (Lipinski definition) is 3. The average molecular weight is 367 g/mol. The molecule has 0 N–H and O–H groups in total. The summed E-state index contributed by atoms with van der Waals surface area (Å²) in [5.74, 6) is -0.551. The van der Waals surface area contributed by atoms with Crippen LogP contribution in [0.3, 0.4) is 0 Å². The predicted molar refractivity (Wildman–Crippen MR) is 89.6 cm³/mol. The molecular formula is C18H20ClFN2O3. The van der Waals surface area contributed by atoms with Crippen LogP contribution in [-0.2, 0) is 9.53 Å². The van der Waals surface area contributed by atoms with E-state index >= 15 is 0 Å². The van der Waals surface area contributed by atoms with Crippen molar-refractivity contribution in [3.8, 4) is 0 Å². The van der Waals surface area contributed by atoms with Crippen LogP contribution in [0.5, 0.6) is 0 Å². The monoisotopic (exact) mass is 366 g/mol. The number of benzene rings is 1. The van der Waals surface area contributed by atoms with Crippen LogP contribution in [-0.4, -0.2) is 52.6 Å². The van der Waals surface area contributed by atoms with E-state index in [0.29, 0.717) is 19.6 Å². The van der Waals surface area contributed by atoms with Crippen molar-refractivity contribution in [2.45, 2.75) is 44.5 Å².